The van der Waals surface area contributed by atoms with Gasteiger partial charge in [-0.3, -0.25) is 0 Å². The molecule has 3 rings (SSSR count). The lowest BCUT2D eigenvalue weighted by Gasteiger charge is -2.05. The van der Waals surface area contributed by atoms with Gasteiger partial charge in [0.05, 0.1) is 7.11 Å². The number of nitrogens with zero attached hydrogens (tertiary/aromatic N) is 1. The first kappa shape index (κ1) is 11.6. The monoisotopic (exact) mass is 254 g/mol. The minimum atomic E-state index is 0.568. The number of hydrogen-bond donors (Lipinski definition) is 1. The summed E-state index contributed by atoms with van der Waals surface area (Å²) in [6.07, 6.45) is 0. The average molecular weight is 254 g/mol. The Bertz CT molecular complexity index is 747. The van der Waals surface area contributed by atoms with Crippen molar-refractivity contribution in [2.24, 2.45) is 0 Å². The van der Waals surface area contributed by atoms with E-state index in [4.69, 9.17) is 14.9 Å². The Morgan fingerprint density at radius 1 is 1.16 bits per heavy atom. The van der Waals surface area contributed by atoms with Crippen LogP contribution in [0.1, 0.15) is 5.56 Å². The number of fused-ring (bicyclic) bond motifs is 1. The van der Waals surface area contributed by atoms with Crippen molar-refractivity contribution >= 4 is 16.8 Å². The summed E-state index contributed by atoms with van der Waals surface area (Å²) in [5.74, 6) is 1.39. The van der Waals surface area contributed by atoms with Crippen LogP contribution in [-0.4, -0.2) is 12.1 Å². The molecule has 4 heteroatoms. The van der Waals surface area contributed by atoms with E-state index >= 15 is 0 Å². The quantitative estimate of drug-likeness (QED) is 0.712. The van der Waals surface area contributed by atoms with Gasteiger partial charge in [-0.25, -0.2) is 4.98 Å². The van der Waals surface area contributed by atoms with E-state index in [1.165, 1.54) is 0 Å². The average Bonchev–Trinajstić information content (AvgIpc) is 2.82. The van der Waals surface area contributed by atoms with Crippen molar-refractivity contribution in [3.05, 3.63) is 42.0 Å². The molecule has 0 spiro atoms. The summed E-state index contributed by atoms with van der Waals surface area (Å²) in [4.78, 5) is 4.45. The first-order valence-electron chi connectivity index (χ1n) is 5.98. The summed E-state index contributed by atoms with van der Waals surface area (Å²) in [6, 6.07) is 11.3. The van der Waals surface area contributed by atoms with E-state index in [-0.39, 0.29) is 0 Å². The lowest BCUT2D eigenvalue weighted by molar-refractivity contribution is 0.411. The standard InChI is InChI=1S/C15H14N2O2/c1-9-3-4-10(7-14(9)18-2)15-17-12-8-11(16)5-6-13(12)19-15/h3-8H,16H2,1-2H3. The number of anilines is 1. The molecule has 4 nitrogen and oxygen atoms in total. The summed E-state index contributed by atoms with van der Waals surface area (Å²) in [6.45, 7) is 2.00. The fraction of sp³-hybridized carbons (Fsp3) is 0.133. The van der Waals surface area contributed by atoms with Crippen molar-refractivity contribution < 1.29 is 9.15 Å². The maximum Gasteiger partial charge on any atom is 0.227 e. The summed E-state index contributed by atoms with van der Waals surface area (Å²) in [5, 5.41) is 0. The van der Waals surface area contributed by atoms with Gasteiger partial charge >= 0.3 is 0 Å². The van der Waals surface area contributed by atoms with E-state index in [0.717, 1.165) is 28.0 Å². The molecule has 0 fully saturated rings. The summed E-state index contributed by atoms with van der Waals surface area (Å²) >= 11 is 0. The molecule has 0 unspecified atom stereocenters. The lowest BCUT2D eigenvalue weighted by atomic mass is 10.1. The van der Waals surface area contributed by atoms with Gasteiger partial charge in [-0.05, 0) is 42.8 Å². The second kappa shape index (κ2) is 4.31. The molecule has 1 heterocycles. The van der Waals surface area contributed by atoms with E-state index < -0.39 is 0 Å². The number of nitrogen functional groups attached to an aromatic ring is 1. The summed E-state index contributed by atoms with van der Waals surface area (Å²) < 4.78 is 11.0. The van der Waals surface area contributed by atoms with Gasteiger partial charge in [-0.2, -0.15) is 0 Å². The van der Waals surface area contributed by atoms with Gasteiger partial charge in [0.25, 0.3) is 0 Å². The fourth-order valence-electron chi connectivity index (χ4n) is 2.02. The zero-order valence-corrected chi connectivity index (χ0v) is 10.8. The van der Waals surface area contributed by atoms with Crippen LogP contribution in [0.3, 0.4) is 0 Å². The third-order valence-corrected chi connectivity index (χ3v) is 3.07. The van der Waals surface area contributed by atoms with Crippen LogP contribution in [0.2, 0.25) is 0 Å². The molecule has 3 aromatic rings. The van der Waals surface area contributed by atoms with E-state index in [9.17, 15) is 0 Å². The van der Waals surface area contributed by atoms with Crippen LogP contribution >= 0.6 is 0 Å². The Labute approximate surface area is 110 Å². The molecule has 0 saturated carbocycles. The van der Waals surface area contributed by atoms with Crippen molar-refractivity contribution in [2.45, 2.75) is 6.92 Å². The fourth-order valence-corrected chi connectivity index (χ4v) is 2.02. The molecule has 0 atom stereocenters. The Kier molecular flexibility index (Phi) is 2.63. The molecule has 0 amide bonds. The number of aromatic nitrogens is 1. The third kappa shape index (κ3) is 2.01. The Hall–Kier alpha value is -2.49. The lowest BCUT2D eigenvalue weighted by Crippen LogP contribution is -1.88. The molecule has 0 saturated heterocycles. The van der Waals surface area contributed by atoms with Crippen LogP contribution in [0.5, 0.6) is 5.75 Å². The summed E-state index contributed by atoms with van der Waals surface area (Å²) in [5.41, 5.74) is 9.86. The minimum absolute atomic E-state index is 0.568. The molecule has 19 heavy (non-hydrogen) atoms. The Balaban J connectivity index is 2.13. The largest absolute Gasteiger partial charge is 0.496 e. The highest BCUT2D eigenvalue weighted by Gasteiger charge is 2.10. The molecule has 0 aliphatic rings. The third-order valence-electron chi connectivity index (χ3n) is 3.07. The highest BCUT2D eigenvalue weighted by atomic mass is 16.5. The Morgan fingerprint density at radius 3 is 2.79 bits per heavy atom. The van der Waals surface area contributed by atoms with E-state index in [1.807, 2.05) is 31.2 Å². The molecule has 96 valence electrons. The minimum Gasteiger partial charge on any atom is -0.496 e. The second-order valence-corrected chi connectivity index (χ2v) is 4.43. The van der Waals surface area contributed by atoms with Crippen LogP contribution < -0.4 is 10.5 Å². The normalized spacial score (nSPS) is 10.8. The molecule has 2 N–H and O–H groups in total. The highest BCUT2D eigenvalue weighted by Crippen LogP contribution is 2.29. The molecule has 0 radical (unpaired) electrons. The predicted molar refractivity (Wildman–Crippen MR) is 75.1 cm³/mol. The number of oxazole rings is 1. The van der Waals surface area contributed by atoms with Crippen LogP contribution in [0.15, 0.2) is 40.8 Å². The number of rotatable bonds is 2. The number of benzene rings is 2. The molecule has 0 aliphatic heterocycles. The van der Waals surface area contributed by atoms with Crippen molar-refractivity contribution in [1.29, 1.82) is 0 Å². The van der Waals surface area contributed by atoms with Gasteiger partial charge in [0.1, 0.15) is 11.3 Å². The van der Waals surface area contributed by atoms with E-state index in [2.05, 4.69) is 4.98 Å². The van der Waals surface area contributed by atoms with E-state index in [0.29, 0.717) is 11.6 Å². The molecule has 2 aromatic carbocycles. The van der Waals surface area contributed by atoms with Gasteiger partial charge in [0, 0.05) is 11.3 Å². The zero-order valence-electron chi connectivity index (χ0n) is 10.8. The highest BCUT2D eigenvalue weighted by molar-refractivity contribution is 5.79. The smallest absolute Gasteiger partial charge is 0.227 e. The maximum atomic E-state index is 5.74. The number of hydrogen-bond acceptors (Lipinski definition) is 4. The van der Waals surface area contributed by atoms with Crippen LogP contribution in [-0.2, 0) is 0 Å². The van der Waals surface area contributed by atoms with Gasteiger partial charge in [-0.15, -0.1) is 0 Å². The number of nitrogens with two attached hydrogens (primary N) is 1. The van der Waals surface area contributed by atoms with E-state index in [1.54, 1.807) is 19.2 Å². The first-order valence-corrected chi connectivity index (χ1v) is 5.98. The van der Waals surface area contributed by atoms with Gasteiger partial charge in [-0.1, -0.05) is 6.07 Å². The van der Waals surface area contributed by atoms with Gasteiger partial charge < -0.3 is 14.9 Å². The van der Waals surface area contributed by atoms with Crippen LogP contribution in [0, 0.1) is 6.92 Å². The topological polar surface area (TPSA) is 61.3 Å². The molecule has 1 aromatic heterocycles. The summed E-state index contributed by atoms with van der Waals surface area (Å²) in [7, 11) is 1.65. The molecule has 0 bridgehead atoms. The van der Waals surface area contributed by atoms with Crippen LogP contribution in [0.4, 0.5) is 5.69 Å². The van der Waals surface area contributed by atoms with Crippen LogP contribution in [0.25, 0.3) is 22.6 Å². The number of methoxy groups -OCH3 is 1. The van der Waals surface area contributed by atoms with Crippen molar-refractivity contribution in [3.63, 3.8) is 0 Å². The van der Waals surface area contributed by atoms with Crippen molar-refractivity contribution in [1.82, 2.24) is 4.98 Å². The second-order valence-electron chi connectivity index (χ2n) is 4.43. The number of ether oxygens (including phenoxy) is 1. The molecular formula is C15H14N2O2. The molecule has 0 aliphatic carbocycles. The maximum absolute atomic E-state index is 5.74. The SMILES string of the molecule is COc1cc(-c2nc3cc(N)ccc3o2)ccc1C. The first-order chi connectivity index (χ1) is 9.17. The van der Waals surface area contributed by atoms with Crippen molar-refractivity contribution in [2.75, 3.05) is 12.8 Å². The van der Waals surface area contributed by atoms with Gasteiger partial charge in [0.2, 0.25) is 5.89 Å². The predicted octanol–water partition coefficient (Wildman–Crippen LogP) is 3.39. The van der Waals surface area contributed by atoms with Crippen molar-refractivity contribution in [3.8, 4) is 17.2 Å². The van der Waals surface area contributed by atoms with Gasteiger partial charge in [0.15, 0.2) is 5.58 Å². The number of aryl methyl sites for hydroxylation is 1. The zero-order chi connectivity index (χ0) is 13.4. The molecular weight excluding hydrogens is 240 g/mol. The Morgan fingerprint density at radius 2 is 2.00 bits per heavy atom.